The van der Waals surface area contributed by atoms with Crippen LogP contribution < -0.4 is 0 Å². The van der Waals surface area contributed by atoms with Crippen molar-refractivity contribution in [2.24, 2.45) is 0 Å². The molecule has 0 aromatic carbocycles. The van der Waals surface area contributed by atoms with E-state index in [2.05, 4.69) is 57.9 Å². The molecule has 1 rings (SSSR count). The first kappa shape index (κ1) is 8.54. The number of hydrogen-bond acceptors (Lipinski definition) is 0. The molecule has 0 heterocycles. The van der Waals surface area contributed by atoms with Crippen molar-refractivity contribution < 1.29 is 0 Å². The monoisotopic (exact) mass is 264 g/mol. The van der Waals surface area contributed by atoms with Crippen LogP contribution in [0.4, 0.5) is 0 Å². The highest BCUT2D eigenvalue weighted by Crippen LogP contribution is 2.36. The Morgan fingerprint density at radius 2 is 2.20 bits per heavy atom. The van der Waals surface area contributed by atoms with Crippen molar-refractivity contribution >= 4 is 31.9 Å². The smallest absolute Gasteiger partial charge is 0.0634 e. The molecule has 0 bridgehead atoms. The number of alkyl halides is 2. The van der Waals surface area contributed by atoms with Crippen molar-refractivity contribution in [1.82, 2.24) is 0 Å². The van der Waals surface area contributed by atoms with Gasteiger partial charge >= 0.3 is 0 Å². The molecule has 0 fully saturated rings. The fraction of sp³-hybridized carbons (Fsp3) is 0.500. The van der Waals surface area contributed by atoms with Gasteiger partial charge in [-0.2, -0.15) is 0 Å². The van der Waals surface area contributed by atoms with E-state index in [4.69, 9.17) is 0 Å². The predicted molar refractivity (Wildman–Crippen MR) is 53.0 cm³/mol. The fourth-order valence-electron chi connectivity index (χ4n) is 1.15. The molecule has 0 amide bonds. The van der Waals surface area contributed by atoms with Crippen LogP contribution in [0.25, 0.3) is 0 Å². The molecule has 1 atom stereocenters. The summed E-state index contributed by atoms with van der Waals surface area (Å²) in [6.07, 6.45) is 4.44. The van der Waals surface area contributed by atoms with Crippen molar-refractivity contribution in [3.63, 3.8) is 0 Å². The Hall–Kier alpha value is 0.440. The molecular formula is C8H10Br2. The zero-order valence-electron chi connectivity index (χ0n) is 6.12. The van der Waals surface area contributed by atoms with Gasteiger partial charge in [0.05, 0.1) is 4.32 Å². The molecule has 56 valence electrons. The molecule has 1 unspecified atom stereocenters. The van der Waals surface area contributed by atoms with E-state index in [1.807, 2.05) is 0 Å². The van der Waals surface area contributed by atoms with Crippen molar-refractivity contribution in [1.29, 1.82) is 0 Å². The minimum atomic E-state index is 0.0978. The van der Waals surface area contributed by atoms with E-state index < -0.39 is 0 Å². The highest BCUT2D eigenvalue weighted by molar-refractivity contribution is 9.10. The third kappa shape index (κ3) is 1.54. The first-order valence-electron chi connectivity index (χ1n) is 3.21. The Kier molecular flexibility index (Phi) is 2.41. The van der Waals surface area contributed by atoms with Gasteiger partial charge < -0.3 is 0 Å². The van der Waals surface area contributed by atoms with E-state index >= 15 is 0 Å². The highest BCUT2D eigenvalue weighted by Gasteiger charge is 2.25. The van der Waals surface area contributed by atoms with Gasteiger partial charge in [-0.1, -0.05) is 49.6 Å². The Balaban J connectivity index is 2.90. The lowest BCUT2D eigenvalue weighted by atomic mass is 10.1. The van der Waals surface area contributed by atoms with Gasteiger partial charge in [-0.25, -0.2) is 0 Å². The van der Waals surface area contributed by atoms with Gasteiger partial charge in [-0.3, -0.25) is 0 Å². The third-order valence-electron chi connectivity index (χ3n) is 1.67. The Morgan fingerprint density at radius 3 is 2.40 bits per heavy atom. The molecule has 0 aromatic rings. The van der Waals surface area contributed by atoms with Crippen LogP contribution in [-0.4, -0.2) is 9.65 Å². The number of halogens is 2. The highest BCUT2D eigenvalue weighted by atomic mass is 79.9. The van der Waals surface area contributed by atoms with Gasteiger partial charge in [-0.05, 0) is 19.4 Å². The second-order valence-corrected chi connectivity index (χ2v) is 4.98. The molecule has 0 aliphatic heterocycles. The summed E-state index contributed by atoms with van der Waals surface area (Å²) in [5.74, 6) is 0. The van der Waals surface area contributed by atoms with Crippen LogP contribution in [0.3, 0.4) is 0 Å². The maximum Gasteiger partial charge on any atom is 0.0634 e. The first-order valence-corrected chi connectivity index (χ1v) is 5.13. The van der Waals surface area contributed by atoms with Gasteiger partial charge in [-0.15, -0.1) is 0 Å². The van der Waals surface area contributed by atoms with Crippen LogP contribution in [0.15, 0.2) is 23.3 Å². The molecule has 0 saturated carbocycles. The lowest BCUT2D eigenvalue weighted by molar-refractivity contribution is 0.973. The van der Waals surface area contributed by atoms with Gasteiger partial charge in [0.15, 0.2) is 0 Å². The predicted octanol–water partition coefficient (Wildman–Crippen LogP) is 3.42. The second kappa shape index (κ2) is 2.82. The maximum atomic E-state index is 3.63. The molecular weight excluding hydrogens is 256 g/mol. The Bertz CT molecular complexity index is 199. The second-order valence-electron chi connectivity index (χ2n) is 2.77. The SMILES string of the molecule is CC1=CC(C)(Br)C(CBr)=C1. The summed E-state index contributed by atoms with van der Waals surface area (Å²) in [5, 5.41) is 0.947. The van der Waals surface area contributed by atoms with Gasteiger partial charge in [0.1, 0.15) is 0 Å². The molecule has 1 aliphatic rings. The van der Waals surface area contributed by atoms with Crippen molar-refractivity contribution in [2.75, 3.05) is 5.33 Å². The van der Waals surface area contributed by atoms with Crippen LogP contribution in [-0.2, 0) is 0 Å². The van der Waals surface area contributed by atoms with Crippen molar-refractivity contribution in [3.05, 3.63) is 23.3 Å². The van der Waals surface area contributed by atoms with Crippen LogP contribution in [0.2, 0.25) is 0 Å². The summed E-state index contributed by atoms with van der Waals surface area (Å²) in [4.78, 5) is 0. The van der Waals surface area contributed by atoms with Crippen LogP contribution in [0, 0.1) is 0 Å². The molecule has 0 radical (unpaired) electrons. The van der Waals surface area contributed by atoms with E-state index in [1.54, 1.807) is 0 Å². The molecule has 2 heteroatoms. The molecule has 0 nitrogen and oxygen atoms in total. The number of allylic oxidation sites excluding steroid dienone is 4. The molecule has 0 N–H and O–H groups in total. The maximum absolute atomic E-state index is 3.63. The summed E-state index contributed by atoms with van der Waals surface area (Å²) < 4.78 is 0.0978. The Morgan fingerprint density at radius 1 is 1.60 bits per heavy atom. The third-order valence-corrected chi connectivity index (χ3v) is 3.01. The summed E-state index contributed by atoms with van der Waals surface area (Å²) >= 11 is 7.08. The van der Waals surface area contributed by atoms with Crippen LogP contribution >= 0.6 is 31.9 Å². The minimum absolute atomic E-state index is 0.0978. The van der Waals surface area contributed by atoms with E-state index in [0.717, 1.165) is 5.33 Å². The molecule has 0 spiro atoms. The van der Waals surface area contributed by atoms with Gasteiger partial charge in [0.2, 0.25) is 0 Å². The average molecular weight is 266 g/mol. The lowest BCUT2D eigenvalue weighted by Crippen LogP contribution is -2.13. The minimum Gasteiger partial charge on any atom is -0.0879 e. The largest absolute Gasteiger partial charge is 0.0879 e. The zero-order chi connectivity index (χ0) is 7.78. The van der Waals surface area contributed by atoms with E-state index in [1.165, 1.54) is 11.1 Å². The number of rotatable bonds is 1. The van der Waals surface area contributed by atoms with E-state index in [-0.39, 0.29) is 4.32 Å². The molecule has 0 aromatic heterocycles. The van der Waals surface area contributed by atoms with E-state index in [9.17, 15) is 0 Å². The van der Waals surface area contributed by atoms with Crippen LogP contribution in [0.5, 0.6) is 0 Å². The summed E-state index contributed by atoms with van der Waals surface area (Å²) in [7, 11) is 0. The lowest BCUT2D eigenvalue weighted by Gasteiger charge is -2.15. The topological polar surface area (TPSA) is 0 Å². The molecule has 0 saturated heterocycles. The summed E-state index contributed by atoms with van der Waals surface area (Å²) in [5.41, 5.74) is 2.74. The quantitative estimate of drug-likeness (QED) is 0.638. The fourth-order valence-corrected chi connectivity index (χ4v) is 2.88. The summed E-state index contributed by atoms with van der Waals surface area (Å²) in [6, 6.07) is 0. The van der Waals surface area contributed by atoms with Gasteiger partial charge in [0, 0.05) is 5.33 Å². The van der Waals surface area contributed by atoms with Crippen molar-refractivity contribution in [2.45, 2.75) is 18.2 Å². The standard InChI is InChI=1S/C8H10Br2/c1-6-3-7(5-9)8(2,10)4-6/h3-4H,5H2,1-2H3. The molecule has 1 aliphatic carbocycles. The molecule has 10 heavy (non-hydrogen) atoms. The summed E-state index contributed by atoms with van der Waals surface area (Å²) in [6.45, 7) is 4.28. The number of hydrogen-bond donors (Lipinski definition) is 0. The van der Waals surface area contributed by atoms with E-state index in [0.29, 0.717) is 0 Å². The van der Waals surface area contributed by atoms with Crippen molar-refractivity contribution in [3.8, 4) is 0 Å². The van der Waals surface area contributed by atoms with Crippen LogP contribution in [0.1, 0.15) is 13.8 Å². The zero-order valence-corrected chi connectivity index (χ0v) is 9.29. The normalized spacial score (nSPS) is 32.0. The average Bonchev–Trinajstić information content (AvgIpc) is 2.04. The Labute approximate surface area is 78.6 Å². The first-order chi connectivity index (χ1) is 4.56. The van der Waals surface area contributed by atoms with Gasteiger partial charge in [0.25, 0.3) is 0 Å².